The summed E-state index contributed by atoms with van der Waals surface area (Å²) >= 11 is 2.13. The lowest BCUT2D eigenvalue weighted by Crippen LogP contribution is -2.25. The first kappa shape index (κ1) is 17.3. The molecule has 0 heterocycles. The first-order valence-electron chi connectivity index (χ1n) is 6.95. The Morgan fingerprint density at radius 3 is 2.61 bits per heavy atom. The van der Waals surface area contributed by atoms with Gasteiger partial charge in [0.05, 0.1) is 16.4 Å². The van der Waals surface area contributed by atoms with E-state index < -0.39 is 0 Å². The van der Waals surface area contributed by atoms with Crippen LogP contribution in [0.2, 0.25) is 0 Å². The number of nitrogens with one attached hydrogen (secondary N) is 1. The summed E-state index contributed by atoms with van der Waals surface area (Å²) in [5, 5.41) is 4.07. The molecule has 0 fully saturated rings. The molecule has 0 unspecified atom stereocenters. The zero-order valence-electron chi connectivity index (χ0n) is 12.9. The van der Waals surface area contributed by atoms with Gasteiger partial charge in [0.15, 0.2) is 6.61 Å². The molecule has 0 aliphatic rings. The molecule has 0 aromatic heterocycles. The Kier molecular flexibility index (Phi) is 6.40. The Balaban J connectivity index is 1.88. The fourth-order valence-corrected chi connectivity index (χ4v) is 2.43. The first-order valence-corrected chi connectivity index (χ1v) is 8.03. The van der Waals surface area contributed by atoms with E-state index in [2.05, 4.69) is 33.1 Å². The van der Waals surface area contributed by atoms with Crippen molar-refractivity contribution in [1.29, 1.82) is 0 Å². The Morgan fingerprint density at radius 1 is 1.22 bits per heavy atom. The largest absolute Gasteiger partial charge is 0.497 e. The van der Waals surface area contributed by atoms with Gasteiger partial charge in [-0.25, -0.2) is 5.43 Å². The summed E-state index contributed by atoms with van der Waals surface area (Å²) in [6.07, 6.45) is 0. The van der Waals surface area contributed by atoms with E-state index in [1.165, 1.54) is 0 Å². The van der Waals surface area contributed by atoms with Crippen LogP contribution in [0.3, 0.4) is 0 Å². The van der Waals surface area contributed by atoms with E-state index in [-0.39, 0.29) is 12.5 Å². The maximum Gasteiger partial charge on any atom is 0.277 e. The maximum absolute atomic E-state index is 11.8. The van der Waals surface area contributed by atoms with Gasteiger partial charge in [0.1, 0.15) is 11.5 Å². The molecular weight excluding hydrogens is 407 g/mol. The minimum Gasteiger partial charge on any atom is -0.497 e. The summed E-state index contributed by atoms with van der Waals surface area (Å²) in [7, 11) is 1.60. The van der Waals surface area contributed by atoms with Crippen molar-refractivity contribution in [3.8, 4) is 11.5 Å². The summed E-state index contributed by atoms with van der Waals surface area (Å²) in [4.78, 5) is 11.8. The van der Waals surface area contributed by atoms with Crippen LogP contribution in [0.5, 0.6) is 11.5 Å². The lowest BCUT2D eigenvalue weighted by molar-refractivity contribution is -0.123. The summed E-state index contributed by atoms with van der Waals surface area (Å²) in [6, 6.07) is 15.0. The van der Waals surface area contributed by atoms with Gasteiger partial charge in [0, 0.05) is 0 Å². The molecule has 1 N–H and O–H groups in total. The minimum absolute atomic E-state index is 0.103. The summed E-state index contributed by atoms with van der Waals surface area (Å²) in [5.74, 6) is 1.06. The zero-order chi connectivity index (χ0) is 16.7. The Labute approximate surface area is 148 Å². The fraction of sp³-hybridized carbons (Fsp3) is 0.176. The van der Waals surface area contributed by atoms with Gasteiger partial charge in [-0.2, -0.15) is 5.10 Å². The van der Waals surface area contributed by atoms with Crippen LogP contribution < -0.4 is 14.9 Å². The third-order valence-electron chi connectivity index (χ3n) is 3.04. The number of carbonyl (C=O) groups excluding carboxylic acids is 1. The first-order chi connectivity index (χ1) is 11.1. The molecule has 2 aromatic carbocycles. The third-order valence-corrected chi connectivity index (χ3v) is 3.88. The van der Waals surface area contributed by atoms with Gasteiger partial charge in [-0.3, -0.25) is 4.79 Å². The molecule has 0 bridgehead atoms. The highest BCUT2D eigenvalue weighted by Gasteiger charge is 2.06. The van der Waals surface area contributed by atoms with Crippen molar-refractivity contribution in [2.75, 3.05) is 13.7 Å². The van der Waals surface area contributed by atoms with Crippen LogP contribution in [0.15, 0.2) is 53.6 Å². The number of hydrogen-bond donors (Lipinski definition) is 1. The van der Waals surface area contributed by atoms with E-state index in [1.807, 2.05) is 43.3 Å². The second kappa shape index (κ2) is 8.52. The number of nitrogens with zero attached hydrogens (tertiary/aromatic N) is 1. The minimum atomic E-state index is -0.313. The highest BCUT2D eigenvalue weighted by atomic mass is 127. The topological polar surface area (TPSA) is 59.9 Å². The third kappa shape index (κ3) is 5.24. The molecule has 2 aromatic rings. The van der Waals surface area contributed by atoms with Crippen molar-refractivity contribution >= 4 is 34.2 Å². The van der Waals surface area contributed by atoms with Crippen LogP contribution in [0.1, 0.15) is 12.5 Å². The number of methoxy groups -OCH3 is 1. The number of ether oxygens (including phenoxy) is 2. The molecule has 1 amide bonds. The predicted molar refractivity (Wildman–Crippen MR) is 98.0 cm³/mol. The Morgan fingerprint density at radius 2 is 1.96 bits per heavy atom. The number of halogens is 1. The molecule has 0 saturated carbocycles. The zero-order valence-corrected chi connectivity index (χ0v) is 15.0. The maximum atomic E-state index is 11.8. The second-order valence-corrected chi connectivity index (χ2v) is 5.85. The predicted octanol–water partition coefficient (Wildman–Crippen LogP) is 3.22. The smallest absolute Gasteiger partial charge is 0.277 e. The molecule has 0 spiro atoms. The molecule has 0 radical (unpaired) electrons. The normalized spacial score (nSPS) is 11.0. The average Bonchev–Trinajstić information content (AvgIpc) is 2.59. The second-order valence-electron chi connectivity index (χ2n) is 4.68. The highest BCUT2D eigenvalue weighted by Crippen LogP contribution is 2.25. The van der Waals surface area contributed by atoms with Gasteiger partial charge in [0.25, 0.3) is 5.91 Å². The highest BCUT2D eigenvalue weighted by molar-refractivity contribution is 14.1. The van der Waals surface area contributed by atoms with Crippen molar-refractivity contribution < 1.29 is 14.3 Å². The fourth-order valence-electron chi connectivity index (χ4n) is 1.79. The SMILES string of the molecule is COc1ccc(OCC(=O)NN=C(C)c2ccccc2)c(I)c1. The van der Waals surface area contributed by atoms with E-state index in [1.54, 1.807) is 19.2 Å². The van der Waals surface area contributed by atoms with Crippen molar-refractivity contribution in [3.63, 3.8) is 0 Å². The van der Waals surface area contributed by atoms with Gasteiger partial charge in [0.2, 0.25) is 0 Å². The van der Waals surface area contributed by atoms with Crippen molar-refractivity contribution in [1.82, 2.24) is 5.43 Å². The van der Waals surface area contributed by atoms with E-state index in [0.717, 1.165) is 20.6 Å². The molecule has 0 aliphatic heterocycles. The monoisotopic (exact) mass is 424 g/mol. The van der Waals surface area contributed by atoms with Gasteiger partial charge in [-0.1, -0.05) is 30.3 Å². The van der Waals surface area contributed by atoms with E-state index in [4.69, 9.17) is 9.47 Å². The quantitative estimate of drug-likeness (QED) is 0.440. The number of amides is 1. The Bertz CT molecular complexity index is 702. The van der Waals surface area contributed by atoms with Gasteiger partial charge >= 0.3 is 0 Å². The van der Waals surface area contributed by atoms with Crippen LogP contribution in [-0.4, -0.2) is 25.3 Å². The van der Waals surface area contributed by atoms with Crippen LogP contribution >= 0.6 is 22.6 Å². The molecule has 120 valence electrons. The van der Waals surface area contributed by atoms with Crippen LogP contribution in [0.4, 0.5) is 0 Å². The molecule has 6 heteroatoms. The Hall–Kier alpha value is -2.09. The van der Waals surface area contributed by atoms with Crippen molar-refractivity contribution in [2.45, 2.75) is 6.92 Å². The number of hydrogen-bond acceptors (Lipinski definition) is 4. The van der Waals surface area contributed by atoms with Gasteiger partial charge in [-0.15, -0.1) is 0 Å². The lowest BCUT2D eigenvalue weighted by Gasteiger charge is -2.09. The summed E-state index contributed by atoms with van der Waals surface area (Å²) < 4.78 is 11.5. The molecular formula is C17H17IN2O3. The standard InChI is InChI=1S/C17H17IN2O3/c1-12(13-6-4-3-5-7-13)19-20-17(21)11-23-16-9-8-14(22-2)10-15(16)18/h3-10H,11H2,1-2H3,(H,20,21). The van der Waals surface area contributed by atoms with Gasteiger partial charge in [-0.05, 0) is 53.3 Å². The number of carbonyl (C=O) groups is 1. The molecule has 0 saturated heterocycles. The molecule has 5 nitrogen and oxygen atoms in total. The average molecular weight is 424 g/mol. The molecule has 0 aliphatic carbocycles. The summed E-state index contributed by atoms with van der Waals surface area (Å²) in [5.41, 5.74) is 4.18. The number of hydrazone groups is 1. The van der Waals surface area contributed by atoms with Crippen molar-refractivity contribution in [3.05, 3.63) is 57.7 Å². The van der Waals surface area contributed by atoms with Gasteiger partial charge < -0.3 is 9.47 Å². The number of benzene rings is 2. The van der Waals surface area contributed by atoms with E-state index in [9.17, 15) is 4.79 Å². The van der Waals surface area contributed by atoms with Crippen molar-refractivity contribution in [2.24, 2.45) is 5.10 Å². The van der Waals surface area contributed by atoms with E-state index >= 15 is 0 Å². The lowest BCUT2D eigenvalue weighted by atomic mass is 10.1. The summed E-state index contributed by atoms with van der Waals surface area (Å²) in [6.45, 7) is 1.73. The van der Waals surface area contributed by atoms with E-state index in [0.29, 0.717) is 5.75 Å². The molecule has 0 atom stereocenters. The molecule has 2 rings (SSSR count). The number of rotatable bonds is 6. The van der Waals surface area contributed by atoms with Crippen LogP contribution in [0, 0.1) is 3.57 Å². The van der Waals surface area contributed by atoms with Crippen LogP contribution in [-0.2, 0) is 4.79 Å². The molecule has 23 heavy (non-hydrogen) atoms. The van der Waals surface area contributed by atoms with Crippen LogP contribution in [0.25, 0.3) is 0 Å².